The van der Waals surface area contributed by atoms with Gasteiger partial charge in [-0.3, -0.25) is 0 Å². The van der Waals surface area contributed by atoms with Crippen LogP contribution in [0, 0.1) is 11.8 Å². The van der Waals surface area contributed by atoms with Crippen molar-refractivity contribution in [3.63, 3.8) is 0 Å². The molecule has 17 heavy (non-hydrogen) atoms. The maximum Gasteiger partial charge on any atom is 0.400 e. The van der Waals surface area contributed by atoms with Crippen LogP contribution >= 0.6 is 11.8 Å². The lowest BCUT2D eigenvalue weighted by atomic mass is 10.1. The second-order valence-electron chi connectivity index (χ2n) is 4.01. The van der Waals surface area contributed by atoms with Gasteiger partial charge in [0.1, 0.15) is 5.92 Å². The van der Waals surface area contributed by atoms with Crippen molar-refractivity contribution in [2.75, 3.05) is 24.6 Å². The lowest BCUT2D eigenvalue weighted by Crippen LogP contribution is -2.43. The standard InChI is InChI=1S/C9H16F3N3OS/c10-9(11,12)7(8(13)15-16)4-14-3-6-1-2-17-5-6/h6-7,14,16H,1-5H2,(H2,13,15). The average Bonchev–Trinajstić information content (AvgIpc) is 2.74. The molecular formula is C9H16F3N3OS. The molecule has 2 unspecified atom stereocenters. The number of alkyl halides is 3. The van der Waals surface area contributed by atoms with Crippen molar-refractivity contribution in [3.8, 4) is 0 Å². The molecule has 0 amide bonds. The number of rotatable bonds is 5. The third kappa shape index (κ3) is 4.63. The fraction of sp³-hybridized carbons (Fsp3) is 0.889. The third-order valence-corrected chi connectivity index (χ3v) is 3.90. The molecule has 4 nitrogen and oxygen atoms in total. The summed E-state index contributed by atoms with van der Waals surface area (Å²) in [6.45, 7) is 0.193. The average molecular weight is 271 g/mol. The van der Waals surface area contributed by atoms with Crippen LogP contribution in [0.4, 0.5) is 13.2 Å². The first-order valence-electron chi connectivity index (χ1n) is 5.27. The van der Waals surface area contributed by atoms with Gasteiger partial charge in [-0.1, -0.05) is 5.16 Å². The SMILES string of the molecule is NC(=NO)C(CNCC1CCSC1)C(F)(F)F. The number of nitrogens with zero attached hydrogens (tertiary/aromatic N) is 1. The van der Waals surface area contributed by atoms with Crippen LogP contribution in [0.2, 0.25) is 0 Å². The number of nitrogens with two attached hydrogens (primary N) is 1. The highest BCUT2D eigenvalue weighted by Crippen LogP contribution is 2.26. The summed E-state index contributed by atoms with van der Waals surface area (Å²) in [6.07, 6.45) is -3.47. The van der Waals surface area contributed by atoms with Crippen molar-refractivity contribution in [1.82, 2.24) is 5.32 Å². The first kappa shape index (κ1) is 14.4. The molecule has 1 rings (SSSR count). The second kappa shape index (κ2) is 6.34. The van der Waals surface area contributed by atoms with Gasteiger partial charge in [-0.05, 0) is 30.4 Å². The smallest absolute Gasteiger partial charge is 0.400 e. The van der Waals surface area contributed by atoms with E-state index in [1.54, 1.807) is 11.8 Å². The topological polar surface area (TPSA) is 70.6 Å². The Bertz CT molecular complexity index is 267. The van der Waals surface area contributed by atoms with Gasteiger partial charge in [0.15, 0.2) is 5.84 Å². The molecular weight excluding hydrogens is 255 g/mol. The highest BCUT2D eigenvalue weighted by Gasteiger charge is 2.42. The summed E-state index contributed by atoms with van der Waals surface area (Å²) in [7, 11) is 0. The summed E-state index contributed by atoms with van der Waals surface area (Å²) in [4.78, 5) is 0. The van der Waals surface area contributed by atoms with E-state index in [1.807, 2.05) is 0 Å². The summed E-state index contributed by atoms with van der Waals surface area (Å²) in [5.74, 6) is -0.267. The van der Waals surface area contributed by atoms with Gasteiger partial charge in [0.2, 0.25) is 0 Å². The Kier molecular flexibility index (Phi) is 5.38. The minimum absolute atomic E-state index is 0.347. The molecule has 0 radical (unpaired) electrons. The molecule has 0 aromatic heterocycles. The summed E-state index contributed by atoms with van der Waals surface area (Å²) in [6, 6.07) is 0. The van der Waals surface area contributed by atoms with Gasteiger partial charge in [0, 0.05) is 6.54 Å². The van der Waals surface area contributed by atoms with E-state index in [9.17, 15) is 13.2 Å². The van der Waals surface area contributed by atoms with Gasteiger partial charge >= 0.3 is 6.18 Å². The van der Waals surface area contributed by atoms with Gasteiger partial charge in [0.25, 0.3) is 0 Å². The highest BCUT2D eigenvalue weighted by atomic mass is 32.2. The molecule has 0 saturated carbocycles. The molecule has 8 heteroatoms. The molecule has 0 bridgehead atoms. The first-order valence-corrected chi connectivity index (χ1v) is 6.43. The van der Waals surface area contributed by atoms with Crippen molar-refractivity contribution in [2.45, 2.75) is 12.6 Å². The van der Waals surface area contributed by atoms with Gasteiger partial charge in [-0.25, -0.2) is 0 Å². The molecule has 100 valence electrons. The van der Waals surface area contributed by atoms with E-state index >= 15 is 0 Å². The monoisotopic (exact) mass is 271 g/mol. The Morgan fingerprint density at radius 1 is 1.59 bits per heavy atom. The lowest BCUT2D eigenvalue weighted by Gasteiger charge is -2.20. The minimum atomic E-state index is -4.49. The molecule has 1 saturated heterocycles. The van der Waals surface area contributed by atoms with E-state index in [0.717, 1.165) is 17.9 Å². The molecule has 1 fully saturated rings. The number of amidine groups is 1. The van der Waals surface area contributed by atoms with Gasteiger partial charge in [-0.2, -0.15) is 24.9 Å². The van der Waals surface area contributed by atoms with Gasteiger partial charge < -0.3 is 16.3 Å². The van der Waals surface area contributed by atoms with Crippen LogP contribution < -0.4 is 11.1 Å². The van der Waals surface area contributed by atoms with Crippen molar-refractivity contribution in [2.24, 2.45) is 22.7 Å². The van der Waals surface area contributed by atoms with Gasteiger partial charge in [0.05, 0.1) is 0 Å². The largest absolute Gasteiger partial charge is 0.409 e. The summed E-state index contributed by atoms with van der Waals surface area (Å²) >= 11 is 1.81. The molecule has 4 N–H and O–H groups in total. The van der Waals surface area contributed by atoms with Crippen LogP contribution in [0.3, 0.4) is 0 Å². The summed E-state index contributed by atoms with van der Waals surface area (Å²) in [5, 5.41) is 13.5. The van der Waals surface area contributed by atoms with Crippen molar-refractivity contribution >= 4 is 17.6 Å². The molecule has 1 aliphatic rings. The zero-order valence-electron chi connectivity index (χ0n) is 9.20. The molecule has 0 spiro atoms. The van der Waals surface area contributed by atoms with E-state index in [0.29, 0.717) is 12.5 Å². The van der Waals surface area contributed by atoms with Gasteiger partial charge in [-0.15, -0.1) is 0 Å². The van der Waals surface area contributed by atoms with E-state index in [2.05, 4.69) is 10.5 Å². The Labute approximate surface area is 102 Å². The predicted molar refractivity (Wildman–Crippen MR) is 61.3 cm³/mol. The summed E-state index contributed by atoms with van der Waals surface area (Å²) < 4.78 is 37.6. The fourth-order valence-electron chi connectivity index (χ4n) is 1.63. The quantitative estimate of drug-likeness (QED) is 0.305. The molecule has 0 aromatic carbocycles. The number of hydrogen-bond donors (Lipinski definition) is 3. The number of thioether (sulfide) groups is 1. The van der Waals surface area contributed by atoms with Crippen molar-refractivity contribution < 1.29 is 18.4 Å². The van der Waals surface area contributed by atoms with E-state index in [-0.39, 0.29) is 6.54 Å². The fourth-order valence-corrected chi connectivity index (χ4v) is 2.92. The Balaban J connectivity index is 2.38. The number of oxime groups is 1. The maximum atomic E-state index is 12.5. The zero-order valence-corrected chi connectivity index (χ0v) is 10.0. The Hall–Kier alpha value is -0.630. The minimum Gasteiger partial charge on any atom is -0.409 e. The lowest BCUT2D eigenvalue weighted by molar-refractivity contribution is -0.154. The molecule has 1 aliphatic heterocycles. The van der Waals surface area contributed by atoms with Crippen molar-refractivity contribution in [3.05, 3.63) is 0 Å². The van der Waals surface area contributed by atoms with E-state index < -0.39 is 17.9 Å². The van der Waals surface area contributed by atoms with Crippen LogP contribution in [0.1, 0.15) is 6.42 Å². The highest BCUT2D eigenvalue weighted by molar-refractivity contribution is 7.99. The van der Waals surface area contributed by atoms with Crippen molar-refractivity contribution in [1.29, 1.82) is 0 Å². The van der Waals surface area contributed by atoms with Crippen LogP contribution in [-0.2, 0) is 0 Å². The van der Waals surface area contributed by atoms with Crippen LogP contribution in [0.15, 0.2) is 5.16 Å². The molecule has 0 aromatic rings. The van der Waals surface area contributed by atoms with Crippen LogP contribution in [0.25, 0.3) is 0 Å². The maximum absolute atomic E-state index is 12.5. The Morgan fingerprint density at radius 2 is 2.29 bits per heavy atom. The normalized spacial score (nSPS) is 23.9. The number of hydrogen-bond acceptors (Lipinski definition) is 4. The van der Waals surface area contributed by atoms with Crippen LogP contribution in [-0.4, -0.2) is 41.8 Å². The second-order valence-corrected chi connectivity index (χ2v) is 5.16. The van der Waals surface area contributed by atoms with E-state index in [1.165, 1.54) is 0 Å². The molecule has 0 aliphatic carbocycles. The van der Waals surface area contributed by atoms with E-state index in [4.69, 9.17) is 10.9 Å². The third-order valence-electron chi connectivity index (χ3n) is 2.67. The molecule has 2 atom stereocenters. The predicted octanol–water partition coefficient (Wildman–Crippen LogP) is 1.25. The first-order chi connectivity index (χ1) is 7.95. The number of nitrogens with one attached hydrogen (secondary N) is 1. The molecule has 1 heterocycles. The Morgan fingerprint density at radius 3 is 2.76 bits per heavy atom. The van der Waals surface area contributed by atoms with Crippen LogP contribution in [0.5, 0.6) is 0 Å². The zero-order chi connectivity index (χ0) is 12.9. The number of halogens is 3. The summed E-state index contributed by atoms with van der Waals surface area (Å²) in [5.41, 5.74) is 5.03.